The molecule has 90 valence electrons. The van der Waals surface area contributed by atoms with E-state index in [1.165, 1.54) is 0 Å². The summed E-state index contributed by atoms with van der Waals surface area (Å²) in [5, 5.41) is 19.0. The van der Waals surface area contributed by atoms with E-state index in [2.05, 4.69) is 12.1 Å². The first-order valence-corrected chi connectivity index (χ1v) is 5.99. The fourth-order valence-corrected chi connectivity index (χ4v) is 1.84. The Hall–Kier alpha value is -2.55. The summed E-state index contributed by atoms with van der Waals surface area (Å²) < 4.78 is 0. The van der Waals surface area contributed by atoms with Crippen LogP contribution in [0.3, 0.4) is 0 Å². The maximum atomic E-state index is 9.26. The Morgan fingerprint density at radius 3 is 2.32 bits per heavy atom. The molecular formula is C16H9ClN2. The number of nitriles is 2. The number of hydrogen-bond acceptors (Lipinski definition) is 2. The third-order valence-electron chi connectivity index (χ3n) is 2.64. The molecule has 0 fully saturated rings. The number of hydrogen-bond donors (Lipinski definition) is 0. The van der Waals surface area contributed by atoms with E-state index in [0.717, 1.165) is 5.56 Å². The van der Waals surface area contributed by atoms with Crippen LogP contribution in [-0.2, 0) is 0 Å². The number of nitrogens with zero attached hydrogens (tertiary/aromatic N) is 2. The molecule has 0 aliphatic rings. The van der Waals surface area contributed by atoms with Gasteiger partial charge in [0.2, 0.25) is 0 Å². The summed E-state index contributed by atoms with van der Waals surface area (Å²) in [6, 6.07) is 18.5. The van der Waals surface area contributed by atoms with Crippen molar-refractivity contribution in [1.82, 2.24) is 0 Å². The summed E-state index contributed by atoms with van der Waals surface area (Å²) in [7, 11) is 0. The van der Waals surface area contributed by atoms with E-state index in [0.29, 0.717) is 21.7 Å². The van der Waals surface area contributed by atoms with Crippen LogP contribution in [0.2, 0.25) is 5.02 Å². The van der Waals surface area contributed by atoms with Crippen molar-refractivity contribution in [2.24, 2.45) is 0 Å². The van der Waals surface area contributed by atoms with Crippen molar-refractivity contribution in [3.63, 3.8) is 0 Å². The smallest absolute Gasteiger partial charge is 0.0998 e. The SMILES string of the molecule is N#C/C(=C\c1ccc(Cl)cc1)c1ccccc1C#N. The van der Waals surface area contributed by atoms with Gasteiger partial charge in [-0.05, 0) is 29.8 Å². The fourth-order valence-electron chi connectivity index (χ4n) is 1.71. The van der Waals surface area contributed by atoms with Gasteiger partial charge in [-0.25, -0.2) is 0 Å². The molecule has 0 radical (unpaired) electrons. The quantitative estimate of drug-likeness (QED) is 0.600. The Morgan fingerprint density at radius 1 is 1.00 bits per heavy atom. The minimum absolute atomic E-state index is 0.458. The molecule has 2 aromatic rings. The van der Waals surface area contributed by atoms with E-state index in [1.807, 2.05) is 18.2 Å². The standard InChI is InChI=1S/C16H9ClN2/c17-15-7-5-12(6-8-15)9-14(11-19)16-4-2-1-3-13(16)10-18/h1-9H/b14-9+. The zero-order chi connectivity index (χ0) is 13.7. The molecule has 0 spiro atoms. The van der Waals surface area contributed by atoms with Gasteiger partial charge in [-0.1, -0.05) is 41.9 Å². The Kier molecular flexibility index (Phi) is 3.98. The predicted octanol–water partition coefficient (Wildman–Crippen LogP) is 4.28. The van der Waals surface area contributed by atoms with Crippen molar-refractivity contribution in [3.8, 4) is 12.1 Å². The number of allylic oxidation sites excluding steroid dienone is 1. The first-order chi connectivity index (χ1) is 9.24. The molecule has 0 heterocycles. The molecule has 0 unspecified atom stereocenters. The molecule has 0 N–H and O–H groups in total. The van der Waals surface area contributed by atoms with Crippen LogP contribution in [0.1, 0.15) is 16.7 Å². The predicted molar refractivity (Wildman–Crippen MR) is 76.1 cm³/mol. The molecule has 0 atom stereocenters. The lowest BCUT2D eigenvalue weighted by atomic mass is 9.99. The average molecular weight is 265 g/mol. The normalized spacial score (nSPS) is 10.6. The highest BCUT2D eigenvalue weighted by molar-refractivity contribution is 6.30. The minimum atomic E-state index is 0.458. The van der Waals surface area contributed by atoms with Gasteiger partial charge in [0, 0.05) is 10.6 Å². The topological polar surface area (TPSA) is 47.6 Å². The first kappa shape index (κ1) is 12.9. The molecule has 0 aromatic heterocycles. The van der Waals surface area contributed by atoms with Gasteiger partial charge in [0.25, 0.3) is 0 Å². The molecule has 0 amide bonds. The molecule has 0 aliphatic carbocycles. The van der Waals surface area contributed by atoms with E-state index in [9.17, 15) is 5.26 Å². The second-order valence-corrected chi connectivity index (χ2v) is 4.32. The van der Waals surface area contributed by atoms with E-state index >= 15 is 0 Å². The number of benzene rings is 2. The zero-order valence-electron chi connectivity index (χ0n) is 9.97. The molecule has 0 saturated heterocycles. The molecule has 3 heteroatoms. The number of halogens is 1. The maximum absolute atomic E-state index is 9.26. The van der Waals surface area contributed by atoms with Crippen molar-refractivity contribution >= 4 is 23.3 Å². The molecule has 2 nitrogen and oxygen atoms in total. The van der Waals surface area contributed by atoms with Crippen LogP contribution in [0.4, 0.5) is 0 Å². The van der Waals surface area contributed by atoms with Crippen LogP contribution >= 0.6 is 11.6 Å². The molecule has 0 bridgehead atoms. The first-order valence-electron chi connectivity index (χ1n) is 5.61. The monoisotopic (exact) mass is 264 g/mol. The second kappa shape index (κ2) is 5.87. The minimum Gasteiger partial charge on any atom is -0.192 e. The number of rotatable bonds is 2. The molecular weight excluding hydrogens is 256 g/mol. The van der Waals surface area contributed by atoms with Gasteiger partial charge in [-0.2, -0.15) is 10.5 Å². The molecule has 19 heavy (non-hydrogen) atoms. The lowest BCUT2D eigenvalue weighted by Crippen LogP contribution is -1.87. The van der Waals surface area contributed by atoms with Gasteiger partial charge in [-0.15, -0.1) is 0 Å². The van der Waals surface area contributed by atoms with Crippen LogP contribution in [0.15, 0.2) is 48.5 Å². The third-order valence-corrected chi connectivity index (χ3v) is 2.89. The van der Waals surface area contributed by atoms with Gasteiger partial charge >= 0.3 is 0 Å². The summed E-state index contributed by atoms with van der Waals surface area (Å²) in [6.45, 7) is 0. The molecule has 0 saturated carbocycles. The van der Waals surface area contributed by atoms with Gasteiger partial charge in [0.15, 0.2) is 0 Å². The highest BCUT2D eigenvalue weighted by atomic mass is 35.5. The summed E-state index contributed by atoms with van der Waals surface area (Å²) >= 11 is 5.82. The summed E-state index contributed by atoms with van der Waals surface area (Å²) in [4.78, 5) is 0. The van der Waals surface area contributed by atoms with Gasteiger partial charge < -0.3 is 0 Å². The Bertz CT molecular complexity index is 701. The average Bonchev–Trinajstić information content (AvgIpc) is 2.46. The lowest BCUT2D eigenvalue weighted by molar-refractivity contribution is 1.46. The zero-order valence-corrected chi connectivity index (χ0v) is 10.7. The van der Waals surface area contributed by atoms with Crippen LogP contribution in [0, 0.1) is 22.7 Å². The summed E-state index contributed by atoms with van der Waals surface area (Å²) in [5.74, 6) is 0. The van der Waals surface area contributed by atoms with E-state index in [4.69, 9.17) is 16.9 Å². The van der Waals surface area contributed by atoms with Crippen LogP contribution in [0.5, 0.6) is 0 Å². The van der Waals surface area contributed by atoms with Gasteiger partial charge in [0.1, 0.15) is 0 Å². The Labute approximate surface area is 116 Å². The van der Waals surface area contributed by atoms with E-state index < -0.39 is 0 Å². The summed E-state index contributed by atoms with van der Waals surface area (Å²) in [6.07, 6.45) is 1.74. The van der Waals surface area contributed by atoms with Crippen molar-refractivity contribution in [2.75, 3.05) is 0 Å². The fraction of sp³-hybridized carbons (Fsp3) is 0. The highest BCUT2D eigenvalue weighted by Gasteiger charge is 2.06. The molecule has 0 aliphatic heterocycles. The highest BCUT2D eigenvalue weighted by Crippen LogP contribution is 2.21. The van der Waals surface area contributed by atoms with Crippen molar-refractivity contribution in [3.05, 3.63) is 70.2 Å². The molecule has 2 aromatic carbocycles. The Morgan fingerprint density at radius 2 is 1.68 bits per heavy atom. The van der Waals surface area contributed by atoms with Crippen molar-refractivity contribution < 1.29 is 0 Å². The van der Waals surface area contributed by atoms with Crippen LogP contribution in [-0.4, -0.2) is 0 Å². The molecule has 2 rings (SSSR count). The lowest BCUT2D eigenvalue weighted by Gasteiger charge is -2.02. The Balaban J connectivity index is 2.49. The van der Waals surface area contributed by atoms with Crippen LogP contribution in [0.25, 0.3) is 11.6 Å². The van der Waals surface area contributed by atoms with E-state index in [1.54, 1.807) is 36.4 Å². The van der Waals surface area contributed by atoms with Crippen molar-refractivity contribution in [2.45, 2.75) is 0 Å². The maximum Gasteiger partial charge on any atom is 0.0998 e. The van der Waals surface area contributed by atoms with Gasteiger partial charge in [-0.3, -0.25) is 0 Å². The third kappa shape index (κ3) is 3.01. The van der Waals surface area contributed by atoms with Gasteiger partial charge in [0.05, 0.1) is 23.3 Å². The largest absolute Gasteiger partial charge is 0.192 e. The van der Waals surface area contributed by atoms with Crippen LogP contribution < -0.4 is 0 Å². The summed E-state index contributed by atoms with van der Waals surface area (Å²) in [5.41, 5.74) is 2.46. The second-order valence-electron chi connectivity index (χ2n) is 3.88. The van der Waals surface area contributed by atoms with Crippen molar-refractivity contribution in [1.29, 1.82) is 10.5 Å². The van der Waals surface area contributed by atoms with E-state index in [-0.39, 0.29) is 0 Å².